The van der Waals surface area contributed by atoms with Gasteiger partial charge in [-0.2, -0.15) is 0 Å². The fourth-order valence-electron chi connectivity index (χ4n) is 2.58. The third-order valence-corrected chi connectivity index (χ3v) is 11.8. The summed E-state index contributed by atoms with van der Waals surface area (Å²) in [5, 5.41) is 0. The molecule has 132 valence electrons. The standard InChI is InChI=1S/C10H13.3C3H7O.Zr/c1-10(2,3)9-7-5-4-6-8-9;3*1-2-3-4;/h4-8H,1H2,2-3H3;3*2-3H2,1H3;/q;3*-1;+3. The third kappa shape index (κ3) is 7.17. The van der Waals surface area contributed by atoms with Crippen LogP contribution in [0.5, 0.6) is 0 Å². The van der Waals surface area contributed by atoms with E-state index in [0.29, 0.717) is 0 Å². The number of hydrogen-bond donors (Lipinski definition) is 0. The molecule has 0 aliphatic rings. The zero-order valence-electron chi connectivity index (χ0n) is 15.6. The van der Waals surface area contributed by atoms with Crippen molar-refractivity contribution in [3.8, 4) is 0 Å². The molecule has 1 aromatic carbocycles. The molecule has 0 bridgehead atoms. The zero-order valence-corrected chi connectivity index (χ0v) is 18.0. The Hall–Kier alpha value is -0.0169. The van der Waals surface area contributed by atoms with Crippen LogP contribution >= 0.6 is 0 Å². The molecule has 0 aliphatic heterocycles. The fraction of sp³-hybridized carbons (Fsp3) is 0.684. The predicted molar refractivity (Wildman–Crippen MR) is 93.0 cm³/mol. The maximum absolute atomic E-state index is 6.31. The normalized spacial score (nSPS) is 12.6. The zero-order chi connectivity index (χ0) is 17.2. The minimum absolute atomic E-state index is 0.00738. The van der Waals surface area contributed by atoms with Gasteiger partial charge in [-0.25, -0.2) is 0 Å². The molecule has 0 radical (unpaired) electrons. The molecular weight excluding hydrogens is 367 g/mol. The molecule has 0 unspecified atom stereocenters. The van der Waals surface area contributed by atoms with Gasteiger partial charge in [0.1, 0.15) is 0 Å². The molecule has 0 aliphatic carbocycles. The van der Waals surface area contributed by atoms with Gasteiger partial charge in [0.25, 0.3) is 0 Å². The average Bonchev–Trinajstić information content (AvgIpc) is 2.56. The molecule has 0 amide bonds. The van der Waals surface area contributed by atoms with Crippen molar-refractivity contribution in [2.45, 2.75) is 63.4 Å². The molecule has 0 spiro atoms. The van der Waals surface area contributed by atoms with E-state index in [-0.39, 0.29) is 5.41 Å². The summed E-state index contributed by atoms with van der Waals surface area (Å²) in [6.45, 7) is 13.1. The van der Waals surface area contributed by atoms with Gasteiger partial charge >= 0.3 is 149 Å². The van der Waals surface area contributed by atoms with E-state index in [2.05, 4.69) is 65.0 Å². The Labute approximate surface area is 149 Å². The maximum atomic E-state index is 6.31. The molecule has 1 rings (SSSR count). The molecule has 23 heavy (non-hydrogen) atoms. The van der Waals surface area contributed by atoms with Crippen LogP contribution in [-0.4, -0.2) is 19.8 Å². The summed E-state index contributed by atoms with van der Waals surface area (Å²) in [6.07, 6.45) is 2.99. The molecule has 1 aromatic rings. The summed E-state index contributed by atoms with van der Waals surface area (Å²) in [5.74, 6) is 0. The van der Waals surface area contributed by atoms with Crippen LogP contribution in [0.4, 0.5) is 0 Å². The van der Waals surface area contributed by atoms with Gasteiger partial charge in [-0.05, 0) is 0 Å². The van der Waals surface area contributed by atoms with Crippen molar-refractivity contribution >= 4 is 0 Å². The molecule has 0 aromatic heterocycles. The van der Waals surface area contributed by atoms with Gasteiger partial charge in [0.15, 0.2) is 0 Å². The van der Waals surface area contributed by atoms with E-state index in [9.17, 15) is 0 Å². The van der Waals surface area contributed by atoms with Gasteiger partial charge < -0.3 is 0 Å². The van der Waals surface area contributed by atoms with Crippen molar-refractivity contribution < 1.29 is 30.0 Å². The van der Waals surface area contributed by atoms with E-state index in [1.165, 1.54) is 5.56 Å². The van der Waals surface area contributed by atoms with Crippen LogP contribution in [0.2, 0.25) is 4.13 Å². The molecule has 0 atom stereocenters. The molecule has 0 saturated carbocycles. The first-order valence-electron chi connectivity index (χ1n) is 8.97. The topological polar surface area (TPSA) is 27.7 Å². The quantitative estimate of drug-likeness (QED) is 0.459. The number of hydrogen-bond acceptors (Lipinski definition) is 3. The summed E-state index contributed by atoms with van der Waals surface area (Å²) in [4.78, 5) is 0. The first-order chi connectivity index (χ1) is 11.0. The second kappa shape index (κ2) is 10.8. The van der Waals surface area contributed by atoms with E-state index in [0.717, 1.165) is 43.2 Å². The molecule has 0 heterocycles. The summed E-state index contributed by atoms with van der Waals surface area (Å²) in [5.41, 5.74) is 1.31. The SMILES string of the molecule is CCC[O][Zr]([CH2]C(C)(C)c1ccccc1)([O]CCC)[O]CCC. The van der Waals surface area contributed by atoms with Crippen LogP contribution in [0.25, 0.3) is 0 Å². The van der Waals surface area contributed by atoms with Gasteiger partial charge in [0.05, 0.1) is 0 Å². The molecule has 0 fully saturated rings. The molecule has 0 N–H and O–H groups in total. The first kappa shape index (κ1) is 21.0. The van der Waals surface area contributed by atoms with Crippen LogP contribution in [-0.2, 0) is 35.4 Å². The Morgan fingerprint density at radius 3 is 1.61 bits per heavy atom. The Morgan fingerprint density at radius 1 is 0.783 bits per heavy atom. The third-order valence-electron chi connectivity index (χ3n) is 3.79. The minimum atomic E-state index is -3.56. The van der Waals surface area contributed by atoms with Crippen molar-refractivity contribution in [2.75, 3.05) is 19.8 Å². The second-order valence-electron chi connectivity index (χ2n) is 6.66. The van der Waals surface area contributed by atoms with Gasteiger partial charge in [0, 0.05) is 0 Å². The summed E-state index contributed by atoms with van der Waals surface area (Å²) in [7, 11) is 0. The number of benzene rings is 1. The van der Waals surface area contributed by atoms with Gasteiger partial charge in [-0.3, -0.25) is 0 Å². The van der Waals surface area contributed by atoms with Crippen LogP contribution in [0, 0.1) is 0 Å². The van der Waals surface area contributed by atoms with Crippen molar-refractivity contribution in [3.05, 3.63) is 35.9 Å². The van der Waals surface area contributed by atoms with E-state index >= 15 is 0 Å². The van der Waals surface area contributed by atoms with Crippen molar-refractivity contribution in [1.82, 2.24) is 0 Å². The van der Waals surface area contributed by atoms with Crippen molar-refractivity contribution in [2.24, 2.45) is 0 Å². The van der Waals surface area contributed by atoms with Gasteiger partial charge in [-0.15, -0.1) is 0 Å². The second-order valence-corrected chi connectivity index (χ2v) is 13.0. The first-order valence-corrected chi connectivity index (χ1v) is 13.7. The monoisotopic (exact) mass is 400 g/mol. The van der Waals surface area contributed by atoms with E-state index in [1.54, 1.807) is 0 Å². The Morgan fingerprint density at radius 2 is 1.22 bits per heavy atom. The molecule has 4 heteroatoms. The van der Waals surface area contributed by atoms with E-state index < -0.39 is 21.6 Å². The Bertz CT molecular complexity index is 398. The number of rotatable bonds is 12. The van der Waals surface area contributed by atoms with E-state index in [1.807, 2.05) is 0 Å². The summed E-state index contributed by atoms with van der Waals surface area (Å²) in [6, 6.07) is 10.6. The van der Waals surface area contributed by atoms with Crippen molar-refractivity contribution in [3.63, 3.8) is 0 Å². The summed E-state index contributed by atoms with van der Waals surface area (Å²) < 4.78 is 19.8. The summed E-state index contributed by atoms with van der Waals surface area (Å²) >= 11 is -3.56. The van der Waals surface area contributed by atoms with E-state index in [4.69, 9.17) is 8.44 Å². The predicted octanol–water partition coefficient (Wildman–Crippen LogP) is 5.56. The van der Waals surface area contributed by atoms with Crippen molar-refractivity contribution in [1.29, 1.82) is 0 Å². The Kier molecular flexibility index (Phi) is 9.84. The van der Waals surface area contributed by atoms with Crippen LogP contribution in [0.15, 0.2) is 30.3 Å². The van der Waals surface area contributed by atoms with Gasteiger partial charge in [0.2, 0.25) is 0 Å². The van der Waals surface area contributed by atoms with Crippen LogP contribution < -0.4 is 0 Å². The van der Waals surface area contributed by atoms with Gasteiger partial charge in [-0.1, -0.05) is 0 Å². The Balaban J connectivity index is 2.99. The molecular formula is C19H34O3Zr. The fourth-order valence-corrected chi connectivity index (χ4v) is 10.9. The molecule has 3 nitrogen and oxygen atoms in total. The van der Waals surface area contributed by atoms with Crippen LogP contribution in [0.3, 0.4) is 0 Å². The van der Waals surface area contributed by atoms with Crippen LogP contribution in [0.1, 0.15) is 59.4 Å². The average molecular weight is 402 g/mol. The molecule has 0 saturated heterocycles.